The van der Waals surface area contributed by atoms with Gasteiger partial charge < -0.3 is 14.8 Å². The molecule has 1 saturated carbocycles. The van der Waals surface area contributed by atoms with Crippen molar-refractivity contribution < 1.29 is 0 Å². The zero-order valence-electron chi connectivity index (χ0n) is 18.3. The van der Waals surface area contributed by atoms with Gasteiger partial charge in [-0.05, 0) is 85.9 Å². The fourth-order valence-electron chi connectivity index (χ4n) is 5.27. The number of nitrogens with one attached hydrogen (secondary N) is 1. The molecular weight excluding hydrogens is 400 g/mol. The van der Waals surface area contributed by atoms with Crippen LogP contribution in [0.1, 0.15) is 72.6 Å². The first-order chi connectivity index (χ1) is 15.1. The van der Waals surface area contributed by atoms with Crippen molar-refractivity contribution >= 4 is 23.0 Å². The highest BCUT2D eigenvalue weighted by Crippen LogP contribution is 2.42. The zero-order chi connectivity index (χ0) is 21.4. The molecule has 0 amide bonds. The number of aryl methyl sites for hydroxylation is 2. The molecule has 160 valence electrons. The minimum atomic E-state index is 0.0109. The van der Waals surface area contributed by atoms with Gasteiger partial charge in [0.2, 0.25) is 0 Å². The van der Waals surface area contributed by atoms with Crippen LogP contribution in [0.3, 0.4) is 0 Å². The molecule has 2 aliphatic rings. The number of hydrogen-bond acceptors (Lipinski definition) is 2. The Morgan fingerprint density at radius 2 is 1.77 bits per heavy atom. The van der Waals surface area contributed by atoms with E-state index < -0.39 is 0 Å². The van der Waals surface area contributed by atoms with Crippen LogP contribution in [0.2, 0.25) is 0 Å². The number of benzene rings is 1. The Labute approximate surface area is 190 Å². The largest absolute Gasteiger partial charge is 0.351 e. The Morgan fingerprint density at radius 3 is 2.48 bits per heavy atom. The normalized spacial score (nSPS) is 22.0. The Hall–Kier alpha value is -2.66. The molecule has 1 saturated heterocycles. The molecule has 2 aromatic heterocycles. The van der Waals surface area contributed by atoms with Crippen LogP contribution in [0.25, 0.3) is 0 Å². The lowest BCUT2D eigenvalue weighted by Crippen LogP contribution is -2.29. The summed E-state index contributed by atoms with van der Waals surface area (Å²) in [5.74, 6) is 0. The number of aromatic nitrogens is 2. The van der Waals surface area contributed by atoms with Crippen LogP contribution in [0.4, 0.5) is 5.69 Å². The summed E-state index contributed by atoms with van der Waals surface area (Å²) in [4.78, 5) is 6.96. The van der Waals surface area contributed by atoms with E-state index in [9.17, 15) is 0 Å². The summed E-state index contributed by atoms with van der Waals surface area (Å²) in [6.07, 6.45) is 13.1. The maximum Gasteiger partial charge on any atom is 0.174 e. The Bertz CT molecular complexity index is 1050. The lowest BCUT2D eigenvalue weighted by atomic mass is 9.95. The molecule has 0 spiro atoms. The second-order valence-electron chi connectivity index (χ2n) is 9.03. The quantitative estimate of drug-likeness (QED) is 0.501. The molecule has 1 aromatic carbocycles. The van der Waals surface area contributed by atoms with Crippen LogP contribution in [0, 0.1) is 13.8 Å². The Balaban J connectivity index is 1.57. The number of thiocarbonyl (C=S) groups is 1. The first kappa shape index (κ1) is 20.3. The molecule has 1 aliphatic carbocycles. The molecule has 5 rings (SSSR count). The van der Waals surface area contributed by atoms with Crippen LogP contribution < -0.4 is 10.2 Å². The monoisotopic (exact) mass is 430 g/mol. The standard InChI is InChI=1S/C26H30N4S/c1-18-14-19(2)16-22(15-18)30-25(24(28-26(30)31)23-10-6-7-12-27-23)20-11-13-29(17-20)21-8-4-3-5-9-21/h6-7,10-17,21,24-25H,3-5,8-9H2,1-2H3,(H,28,31)/t24-,25-/m0/s1. The van der Waals surface area contributed by atoms with Crippen LogP contribution in [0.15, 0.2) is 61.1 Å². The van der Waals surface area contributed by atoms with Gasteiger partial charge in [0.1, 0.15) is 0 Å². The van der Waals surface area contributed by atoms with Crippen molar-refractivity contribution in [3.8, 4) is 0 Å². The van der Waals surface area contributed by atoms with Crippen molar-refractivity contribution in [1.29, 1.82) is 0 Å². The first-order valence-corrected chi connectivity index (χ1v) is 11.8. The number of nitrogens with zero attached hydrogens (tertiary/aromatic N) is 3. The van der Waals surface area contributed by atoms with E-state index in [-0.39, 0.29) is 12.1 Å². The first-order valence-electron chi connectivity index (χ1n) is 11.4. The van der Waals surface area contributed by atoms with E-state index in [1.54, 1.807) is 0 Å². The Morgan fingerprint density at radius 1 is 1.00 bits per heavy atom. The summed E-state index contributed by atoms with van der Waals surface area (Å²) in [6.45, 7) is 4.29. The highest BCUT2D eigenvalue weighted by atomic mass is 32.1. The van der Waals surface area contributed by atoms with Gasteiger partial charge in [0.05, 0.1) is 17.8 Å². The van der Waals surface area contributed by atoms with Gasteiger partial charge in [0.15, 0.2) is 5.11 Å². The lowest BCUT2D eigenvalue weighted by Gasteiger charge is -2.28. The predicted molar refractivity (Wildman–Crippen MR) is 130 cm³/mol. The van der Waals surface area contributed by atoms with E-state index in [4.69, 9.17) is 12.2 Å². The summed E-state index contributed by atoms with van der Waals surface area (Å²) in [7, 11) is 0. The average Bonchev–Trinajstić information content (AvgIpc) is 3.39. The number of anilines is 1. The molecule has 5 heteroatoms. The van der Waals surface area contributed by atoms with E-state index in [1.807, 2.05) is 12.3 Å². The molecule has 2 fully saturated rings. The van der Waals surface area contributed by atoms with Crippen molar-refractivity contribution in [1.82, 2.24) is 14.9 Å². The molecule has 3 aromatic rings. The van der Waals surface area contributed by atoms with Crippen molar-refractivity contribution in [3.05, 3.63) is 83.4 Å². The predicted octanol–water partition coefficient (Wildman–Crippen LogP) is 6.18. The highest BCUT2D eigenvalue weighted by Gasteiger charge is 2.41. The van der Waals surface area contributed by atoms with Gasteiger partial charge in [0.25, 0.3) is 0 Å². The molecule has 1 N–H and O–H groups in total. The number of rotatable bonds is 4. The summed E-state index contributed by atoms with van der Waals surface area (Å²) in [5.41, 5.74) is 5.94. The van der Waals surface area contributed by atoms with E-state index in [2.05, 4.69) is 82.4 Å². The SMILES string of the molecule is Cc1cc(C)cc(N2C(=S)N[C@@H](c3ccccn3)[C@@H]2c2ccn(C3CCCCC3)c2)c1. The molecule has 0 radical (unpaired) electrons. The highest BCUT2D eigenvalue weighted by molar-refractivity contribution is 7.80. The van der Waals surface area contributed by atoms with Crippen LogP contribution >= 0.6 is 12.2 Å². The fraction of sp³-hybridized carbons (Fsp3) is 0.385. The van der Waals surface area contributed by atoms with Gasteiger partial charge in [-0.2, -0.15) is 0 Å². The summed E-state index contributed by atoms with van der Waals surface area (Å²) in [6, 6.07) is 15.7. The molecule has 31 heavy (non-hydrogen) atoms. The third-order valence-electron chi connectivity index (χ3n) is 6.66. The summed E-state index contributed by atoms with van der Waals surface area (Å²) in [5, 5.41) is 4.34. The topological polar surface area (TPSA) is 33.1 Å². The zero-order valence-corrected chi connectivity index (χ0v) is 19.1. The minimum Gasteiger partial charge on any atom is -0.351 e. The molecule has 1 aliphatic heterocycles. The molecule has 0 bridgehead atoms. The van der Waals surface area contributed by atoms with Gasteiger partial charge in [-0.3, -0.25) is 4.98 Å². The molecule has 0 unspecified atom stereocenters. The van der Waals surface area contributed by atoms with E-state index in [0.717, 1.165) is 16.5 Å². The molecular formula is C26H30N4S. The van der Waals surface area contributed by atoms with Crippen molar-refractivity contribution in [2.45, 2.75) is 64.1 Å². The third-order valence-corrected chi connectivity index (χ3v) is 6.97. The maximum atomic E-state index is 5.88. The second-order valence-corrected chi connectivity index (χ2v) is 9.41. The second kappa shape index (κ2) is 8.46. The molecule has 2 atom stereocenters. The number of pyridine rings is 1. The van der Waals surface area contributed by atoms with E-state index in [1.165, 1.54) is 48.8 Å². The van der Waals surface area contributed by atoms with Gasteiger partial charge in [-0.15, -0.1) is 0 Å². The van der Waals surface area contributed by atoms with Gasteiger partial charge in [-0.1, -0.05) is 31.4 Å². The maximum absolute atomic E-state index is 5.88. The van der Waals surface area contributed by atoms with Crippen LogP contribution in [0.5, 0.6) is 0 Å². The Kier molecular flexibility index (Phi) is 5.53. The summed E-state index contributed by atoms with van der Waals surface area (Å²) >= 11 is 5.88. The van der Waals surface area contributed by atoms with Gasteiger partial charge in [-0.25, -0.2) is 0 Å². The van der Waals surface area contributed by atoms with Crippen LogP contribution in [-0.4, -0.2) is 14.7 Å². The molecule has 3 heterocycles. The smallest absolute Gasteiger partial charge is 0.174 e. The summed E-state index contributed by atoms with van der Waals surface area (Å²) < 4.78 is 2.44. The molecule has 4 nitrogen and oxygen atoms in total. The van der Waals surface area contributed by atoms with Gasteiger partial charge in [0, 0.05) is 30.3 Å². The average molecular weight is 431 g/mol. The third kappa shape index (κ3) is 3.99. The van der Waals surface area contributed by atoms with E-state index in [0.29, 0.717) is 6.04 Å². The number of hydrogen-bond donors (Lipinski definition) is 1. The van der Waals surface area contributed by atoms with Gasteiger partial charge >= 0.3 is 0 Å². The van der Waals surface area contributed by atoms with Crippen molar-refractivity contribution in [2.75, 3.05) is 4.90 Å². The van der Waals surface area contributed by atoms with Crippen LogP contribution in [-0.2, 0) is 0 Å². The van der Waals surface area contributed by atoms with E-state index >= 15 is 0 Å². The minimum absolute atomic E-state index is 0.0109. The lowest BCUT2D eigenvalue weighted by molar-refractivity contribution is 0.353. The van der Waals surface area contributed by atoms with Crippen molar-refractivity contribution in [3.63, 3.8) is 0 Å². The van der Waals surface area contributed by atoms with Crippen molar-refractivity contribution in [2.24, 2.45) is 0 Å². The fourth-order valence-corrected chi connectivity index (χ4v) is 5.62.